The van der Waals surface area contributed by atoms with Crippen LogP contribution in [0.1, 0.15) is 75.2 Å². The molecule has 39 heavy (non-hydrogen) atoms. The smallest absolute Gasteiger partial charge is 0.345 e. The van der Waals surface area contributed by atoms with Crippen molar-refractivity contribution in [2.24, 2.45) is 10.8 Å². The predicted octanol–water partition coefficient (Wildman–Crippen LogP) is 7.62. The summed E-state index contributed by atoms with van der Waals surface area (Å²) < 4.78 is 17.6. The third-order valence-electron chi connectivity index (χ3n) is 7.46. The number of ketones is 2. The maximum Gasteiger partial charge on any atom is 0.345 e. The van der Waals surface area contributed by atoms with E-state index in [9.17, 15) is 14.4 Å². The Hall–Kier alpha value is -3.09. The van der Waals surface area contributed by atoms with Crippen LogP contribution in [0.2, 0.25) is 10.0 Å². The summed E-state index contributed by atoms with van der Waals surface area (Å²) in [4.78, 5) is 39.9. The second-order valence-corrected chi connectivity index (χ2v) is 12.9. The number of benzene rings is 2. The first-order chi connectivity index (χ1) is 18.3. The van der Waals surface area contributed by atoms with Crippen molar-refractivity contribution in [3.8, 4) is 11.5 Å². The summed E-state index contributed by atoms with van der Waals surface area (Å²) in [6.07, 6.45) is 1.93. The molecule has 1 heterocycles. The molecular weight excluding hydrogens is 539 g/mol. The Morgan fingerprint density at radius 2 is 1.44 bits per heavy atom. The van der Waals surface area contributed by atoms with Gasteiger partial charge >= 0.3 is 5.97 Å². The number of hydrogen-bond donors (Lipinski definition) is 0. The molecule has 0 fully saturated rings. The SMILES string of the molecule is COc1cc(C2C3=C(CC(C)(C)CC3=O)OC3=C2C(=O)CC(C)(C)C3)ccc1OC(=O)c1ccc(Cl)cc1Cl. The van der Waals surface area contributed by atoms with Crippen LogP contribution in [0, 0.1) is 10.8 Å². The van der Waals surface area contributed by atoms with Crippen LogP contribution < -0.4 is 9.47 Å². The fourth-order valence-electron chi connectivity index (χ4n) is 5.77. The number of ether oxygens (including phenoxy) is 3. The molecule has 8 heteroatoms. The minimum Gasteiger partial charge on any atom is -0.493 e. The Kier molecular flexibility index (Phi) is 6.92. The fourth-order valence-corrected chi connectivity index (χ4v) is 6.25. The standard InChI is InChI=1S/C31H30Cl2O6/c1-30(2)12-20(34)27-24(14-30)38-25-15-31(3,4)13-21(35)28(25)26(27)16-6-9-22(23(10-16)37-5)39-29(36)18-8-7-17(32)11-19(18)33/h6-11,26H,12-15H2,1-5H3. The lowest BCUT2D eigenvalue weighted by Gasteiger charge is -2.42. The molecule has 2 aromatic rings. The Morgan fingerprint density at radius 3 is 1.97 bits per heavy atom. The Bertz CT molecular complexity index is 1430. The van der Waals surface area contributed by atoms with E-state index in [1.807, 2.05) is 27.7 Å². The summed E-state index contributed by atoms with van der Waals surface area (Å²) >= 11 is 12.1. The second-order valence-electron chi connectivity index (χ2n) is 12.0. The van der Waals surface area contributed by atoms with Gasteiger partial charge in [-0.15, -0.1) is 0 Å². The second kappa shape index (κ2) is 9.83. The highest BCUT2D eigenvalue weighted by molar-refractivity contribution is 6.36. The summed E-state index contributed by atoms with van der Waals surface area (Å²) in [7, 11) is 1.47. The predicted molar refractivity (Wildman–Crippen MR) is 148 cm³/mol. The van der Waals surface area contributed by atoms with E-state index in [4.69, 9.17) is 37.4 Å². The van der Waals surface area contributed by atoms with Gasteiger partial charge in [0.05, 0.1) is 17.7 Å². The van der Waals surface area contributed by atoms with Crippen LogP contribution in [-0.2, 0) is 14.3 Å². The molecule has 0 saturated heterocycles. The van der Waals surface area contributed by atoms with Gasteiger partial charge in [-0.3, -0.25) is 9.59 Å². The van der Waals surface area contributed by atoms with Gasteiger partial charge in [0.1, 0.15) is 11.5 Å². The van der Waals surface area contributed by atoms with Crippen molar-refractivity contribution in [3.63, 3.8) is 0 Å². The monoisotopic (exact) mass is 568 g/mol. The summed E-state index contributed by atoms with van der Waals surface area (Å²) in [5, 5.41) is 0.570. The molecule has 0 saturated carbocycles. The van der Waals surface area contributed by atoms with Crippen LogP contribution in [0.15, 0.2) is 59.1 Å². The molecule has 0 aromatic heterocycles. The maximum absolute atomic E-state index is 13.5. The van der Waals surface area contributed by atoms with Crippen LogP contribution in [0.25, 0.3) is 0 Å². The van der Waals surface area contributed by atoms with E-state index in [1.165, 1.54) is 19.2 Å². The van der Waals surface area contributed by atoms with Crippen LogP contribution in [0.3, 0.4) is 0 Å². The number of hydrogen-bond acceptors (Lipinski definition) is 6. The van der Waals surface area contributed by atoms with Gasteiger partial charge in [-0.05, 0) is 46.7 Å². The lowest BCUT2D eigenvalue weighted by molar-refractivity contribution is -0.120. The minimum atomic E-state index is -0.668. The van der Waals surface area contributed by atoms with E-state index in [1.54, 1.807) is 24.3 Å². The summed E-state index contributed by atoms with van der Waals surface area (Å²) in [6, 6.07) is 9.60. The number of carbonyl (C=O) groups is 3. The average molecular weight is 569 g/mol. The van der Waals surface area contributed by atoms with Gasteiger partial charge in [-0.1, -0.05) is 57.0 Å². The first kappa shape index (κ1) is 27.5. The molecule has 0 spiro atoms. The van der Waals surface area contributed by atoms with Crippen molar-refractivity contribution < 1.29 is 28.6 Å². The molecule has 1 aliphatic heterocycles. The van der Waals surface area contributed by atoms with Gasteiger partial charge < -0.3 is 14.2 Å². The highest BCUT2D eigenvalue weighted by Crippen LogP contribution is 2.53. The van der Waals surface area contributed by atoms with Crippen LogP contribution in [-0.4, -0.2) is 24.6 Å². The number of allylic oxidation sites excluding steroid dienone is 4. The molecule has 0 unspecified atom stereocenters. The molecule has 0 atom stereocenters. The van der Waals surface area contributed by atoms with Gasteiger partial charge in [-0.25, -0.2) is 4.79 Å². The van der Waals surface area contributed by atoms with Crippen molar-refractivity contribution >= 4 is 40.7 Å². The van der Waals surface area contributed by atoms with E-state index in [0.29, 0.717) is 58.9 Å². The quantitative estimate of drug-likeness (QED) is 0.278. The van der Waals surface area contributed by atoms with Crippen LogP contribution >= 0.6 is 23.2 Å². The number of halogens is 2. The first-order valence-electron chi connectivity index (χ1n) is 12.8. The van der Waals surface area contributed by atoms with E-state index in [-0.39, 0.29) is 44.5 Å². The third kappa shape index (κ3) is 5.24. The fraction of sp³-hybridized carbons (Fsp3) is 0.387. The molecular formula is C31H30Cl2O6. The third-order valence-corrected chi connectivity index (χ3v) is 8.00. The molecule has 6 nitrogen and oxygen atoms in total. The maximum atomic E-state index is 13.5. The molecule has 3 aliphatic rings. The molecule has 0 bridgehead atoms. The van der Waals surface area contributed by atoms with E-state index >= 15 is 0 Å². The van der Waals surface area contributed by atoms with Crippen LogP contribution in [0.5, 0.6) is 11.5 Å². The minimum absolute atomic E-state index is 0.0257. The van der Waals surface area contributed by atoms with Crippen molar-refractivity contribution in [2.45, 2.75) is 59.3 Å². The lowest BCUT2D eigenvalue weighted by Crippen LogP contribution is -2.37. The summed E-state index contributed by atoms with van der Waals surface area (Å²) in [5.41, 5.74) is 1.42. The zero-order chi connectivity index (χ0) is 28.3. The van der Waals surface area contributed by atoms with Crippen LogP contribution in [0.4, 0.5) is 0 Å². The number of rotatable bonds is 4. The number of methoxy groups -OCH3 is 1. The molecule has 5 rings (SSSR count). The van der Waals surface area contributed by atoms with Crippen molar-refractivity contribution in [3.05, 3.63) is 80.2 Å². The number of Topliss-reactive ketones (excluding diaryl/α,β-unsaturated/α-hetero) is 2. The van der Waals surface area contributed by atoms with E-state index in [2.05, 4.69) is 0 Å². The molecule has 0 N–H and O–H groups in total. The largest absolute Gasteiger partial charge is 0.493 e. The van der Waals surface area contributed by atoms with Crippen molar-refractivity contribution in [2.75, 3.05) is 7.11 Å². The Balaban J connectivity index is 1.57. The van der Waals surface area contributed by atoms with Gasteiger partial charge in [0.25, 0.3) is 0 Å². The van der Waals surface area contributed by atoms with Gasteiger partial charge in [0.2, 0.25) is 0 Å². The van der Waals surface area contributed by atoms with E-state index < -0.39 is 11.9 Å². The normalized spacial score (nSPS) is 20.3. The Labute approximate surface area is 237 Å². The van der Waals surface area contributed by atoms with Crippen molar-refractivity contribution in [1.29, 1.82) is 0 Å². The summed E-state index contributed by atoms with van der Waals surface area (Å²) in [6.45, 7) is 8.19. The lowest BCUT2D eigenvalue weighted by atomic mass is 9.65. The molecule has 0 radical (unpaired) electrons. The first-order valence-corrected chi connectivity index (χ1v) is 13.6. The summed E-state index contributed by atoms with van der Waals surface area (Å²) in [5.74, 6) is 0.437. The molecule has 2 aliphatic carbocycles. The highest BCUT2D eigenvalue weighted by Gasteiger charge is 2.48. The molecule has 2 aromatic carbocycles. The number of carbonyl (C=O) groups excluding carboxylic acids is 3. The average Bonchev–Trinajstić information content (AvgIpc) is 2.81. The Morgan fingerprint density at radius 1 is 0.846 bits per heavy atom. The number of esters is 1. The van der Waals surface area contributed by atoms with E-state index in [0.717, 1.165) is 0 Å². The van der Waals surface area contributed by atoms with Gasteiger partial charge in [-0.2, -0.15) is 0 Å². The topological polar surface area (TPSA) is 78.9 Å². The molecule has 204 valence electrons. The van der Waals surface area contributed by atoms with Gasteiger partial charge in [0.15, 0.2) is 23.1 Å². The van der Waals surface area contributed by atoms with Gasteiger partial charge in [0, 0.05) is 47.8 Å². The zero-order valence-corrected chi connectivity index (χ0v) is 24.1. The zero-order valence-electron chi connectivity index (χ0n) is 22.6. The molecule has 0 amide bonds. The highest BCUT2D eigenvalue weighted by atomic mass is 35.5. The van der Waals surface area contributed by atoms with Crippen molar-refractivity contribution in [1.82, 2.24) is 0 Å².